The Labute approximate surface area is 118 Å². The molecule has 0 unspecified atom stereocenters. The zero-order valence-electron chi connectivity index (χ0n) is 12.5. The van der Waals surface area contributed by atoms with Crippen molar-refractivity contribution in [2.75, 3.05) is 6.54 Å². The van der Waals surface area contributed by atoms with Crippen molar-refractivity contribution < 1.29 is 4.79 Å². The minimum absolute atomic E-state index is 0.0299. The molecule has 0 saturated heterocycles. The third-order valence-corrected chi connectivity index (χ3v) is 3.15. The third-order valence-electron chi connectivity index (χ3n) is 3.15. The van der Waals surface area contributed by atoms with Crippen LogP contribution < -0.4 is 5.32 Å². The number of nitrogens with one attached hydrogen (secondary N) is 1. The maximum Gasteiger partial charge on any atom is 0.241 e. The highest BCUT2D eigenvalue weighted by molar-refractivity contribution is 5.75. The van der Waals surface area contributed by atoms with E-state index >= 15 is 0 Å². The number of carbonyl (C=O) groups excluding carboxylic acids is 1. The summed E-state index contributed by atoms with van der Waals surface area (Å²) in [6, 6.07) is 3.99. The van der Waals surface area contributed by atoms with E-state index in [-0.39, 0.29) is 12.5 Å². The summed E-state index contributed by atoms with van der Waals surface area (Å²) in [4.78, 5) is 11.9. The third kappa shape index (κ3) is 3.46. The number of amides is 1. The molecule has 108 valence electrons. The average molecular weight is 275 g/mol. The molecule has 2 heterocycles. The second-order valence-electron chi connectivity index (χ2n) is 5.08. The van der Waals surface area contributed by atoms with Crippen LogP contribution in [0, 0.1) is 27.7 Å². The van der Waals surface area contributed by atoms with Crippen LogP contribution >= 0.6 is 0 Å². The van der Waals surface area contributed by atoms with Gasteiger partial charge in [-0.1, -0.05) is 0 Å². The number of nitrogens with zero attached hydrogens (tertiary/aromatic N) is 4. The maximum absolute atomic E-state index is 11.9. The van der Waals surface area contributed by atoms with Crippen LogP contribution in [0.1, 0.15) is 22.8 Å². The van der Waals surface area contributed by atoms with Crippen LogP contribution in [-0.4, -0.2) is 32.0 Å². The van der Waals surface area contributed by atoms with Crippen LogP contribution in [0.3, 0.4) is 0 Å². The van der Waals surface area contributed by atoms with Gasteiger partial charge in [0.1, 0.15) is 6.54 Å². The van der Waals surface area contributed by atoms with Crippen molar-refractivity contribution in [3.63, 3.8) is 0 Å². The van der Waals surface area contributed by atoms with Gasteiger partial charge in [0, 0.05) is 17.9 Å². The second-order valence-corrected chi connectivity index (χ2v) is 5.08. The van der Waals surface area contributed by atoms with Crippen LogP contribution in [0.5, 0.6) is 0 Å². The first-order valence-corrected chi connectivity index (χ1v) is 6.74. The van der Waals surface area contributed by atoms with Gasteiger partial charge >= 0.3 is 0 Å². The van der Waals surface area contributed by atoms with Crippen molar-refractivity contribution in [3.05, 3.63) is 34.9 Å². The molecule has 6 nitrogen and oxygen atoms in total. The molecular formula is C14H21N5O. The van der Waals surface area contributed by atoms with Gasteiger partial charge in [-0.05, 0) is 39.8 Å². The van der Waals surface area contributed by atoms with Gasteiger partial charge in [-0.2, -0.15) is 10.2 Å². The molecular weight excluding hydrogens is 254 g/mol. The zero-order valence-corrected chi connectivity index (χ0v) is 12.5. The molecule has 2 rings (SSSR count). The van der Waals surface area contributed by atoms with Crippen LogP contribution in [0.15, 0.2) is 12.1 Å². The predicted molar refractivity (Wildman–Crippen MR) is 76.4 cm³/mol. The monoisotopic (exact) mass is 275 g/mol. The van der Waals surface area contributed by atoms with E-state index < -0.39 is 0 Å². The molecule has 0 spiro atoms. The van der Waals surface area contributed by atoms with Crippen molar-refractivity contribution in [2.45, 2.75) is 40.8 Å². The lowest BCUT2D eigenvalue weighted by atomic mass is 10.4. The number of carbonyl (C=O) groups is 1. The Bertz CT molecular complexity index is 611. The summed E-state index contributed by atoms with van der Waals surface area (Å²) in [6.45, 7) is 9.36. The molecule has 1 N–H and O–H groups in total. The molecule has 2 aromatic rings. The quantitative estimate of drug-likeness (QED) is 0.889. The minimum atomic E-state index is -0.0299. The van der Waals surface area contributed by atoms with Crippen LogP contribution in [-0.2, 0) is 17.9 Å². The summed E-state index contributed by atoms with van der Waals surface area (Å²) < 4.78 is 3.62. The van der Waals surface area contributed by atoms with Crippen LogP contribution in [0.4, 0.5) is 0 Å². The number of aromatic nitrogens is 4. The highest BCUT2D eigenvalue weighted by Gasteiger charge is 2.07. The number of aryl methyl sites for hydroxylation is 4. The molecule has 0 aliphatic rings. The van der Waals surface area contributed by atoms with Crippen LogP contribution in [0.25, 0.3) is 0 Å². The molecule has 0 bridgehead atoms. The first-order chi connectivity index (χ1) is 9.45. The Hall–Kier alpha value is -2.11. The van der Waals surface area contributed by atoms with E-state index in [4.69, 9.17) is 0 Å². The highest BCUT2D eigenvalue weighted by atomic mass is 16.2. The highest BCUT2D eigenvalue weighted by Crippen LogP contribution is 2.02. The molecule has 0 radical (unpaired) electrons. The largest absolute Gasteiger partial charge is 0.353 e. The summed E-state index contributed by atoms with van der Waals surface area (Å²) in [6.07, 6.45) is 0. The lowest BCUT2D eigenvalue weighted by molar-refractivity contribution is -0.121. The molecule has 0 fully saturated rings. The number of hydrogen-bond acceptors (Lipinski definition) is 3. The topological polar surface area (TPSA) is 64.7 Å². The van der Waals surface area contributed by atoms with Gasteiger partial charge in [0.25, 0.3) is 0 Å². The zero-order chi connectivity index (χ0) is 14.7. The van der Waals surface area contributed by atoms with Gasteiger partial charge < -0.3 is 5.32 Å². The summed E-state index contributed by atoms with van der Waals surface area (Å²) in [5.74, 6) is -0.0299. The first-order valence-electron chi connectivity index (χ1n) is 6.74. The van der Waals surface area contributed by atoms with Crippen molar-refractivity contribution in [1.29, 1.82) is 0 Å². The van der Waals surface area contributed by atoms with Crippen molar-refractivity contribution >= 4 is 5.91 Å². The first kappa shape index (κ1) is 14.3. The van der Waals surface area contributed by atoms with Gasteiger partial charge in [0.15, 0.2) is 0 Å². The number of hydrogen-bond donors (Lipinski definition) is 1. The molecule has 0 aromatic carbocycles. The fourth-order valence-electron chi connectivity index (χ4n) is 2.23. The molecule has 0 aliphatic heterocycles. The average Bonchev–Trinajstić information content (AvgIpc) is 2.82. The molecule has 20 heavy (non-hydrogen) atoms. The standard InChI is InChI=1S/C14H21N5O/c1-10-7-12(3)18(16-10)6-5-15-14(20)9-19-13(4)8-11(2)17-19/h7-8H,5-6,9H2,1-4H3,(H,15,20). The van der Waals surface area contributed by atoms with E-state index in [9.17, 15) is 4.79 Å². The molecule has 2 aromatic heterocycles. The predicted octanol–water partition coefficient (Wildman–Crippen LogP) is 1.13. The van der Waals surface area contributed by atoms with E-state index in [1.807, 2.05) is 44.5 Å². The number of rotatable bonds is 5. The fraction of sp³-hybridized carbons (Fsp3) is 0.500. The van der Waals surface area contributed by atoms with Gasteiger partial charge in [0.05, 0.1) is 17.9 Å². The van der Waals surface area contributed by atoms with E-state index in [1.165, 1.54) is 0 Å². The summed E-state index contributed by atoms with van der Waals surface area (Å²) in [7, 11) is 0. The summed E-state index contributed by atoms with van der Waals surface area (Å²) >= 11 is 0. The lowest BCUT2D eigenvalue weighted by Crippen LogP contribution is -2.31. The van der Waals surface area contributed by atoms with Gasteiger partial charge in [-0.3, -0.25) is 14.2 Å². The Morgan fingerprint density at radius 1 is 1.05 bits per heavy atom. The van der Waals surface area contributed by atoms with E-state index in [2.05, 4.69) is 15.5 Å². The van der Waals surface area contributed by atoms with Crippen molar-refractivity contribution in [1.82, 2.24) is 24.9 Å². The SMILES string of the molecule is Cc1cc(C)n(CCNC(=O)Cn2nc(C)cc2C)n1. The normalized spacial score (nSPS) is 10.8. The second kappa shape index (κ2) is 5.90. The van der Waals surface area contributed by atoms with E-state index in [0.717, 1.165) is 22.8 Å². The summed E-state index contributed by atoms with van der Waals surface area (Å²) in [5.41, 5.74) is 4.03. The molecule has 6 heteroatoms. The van der Waals surface area contributed by atoms with Crippen LogP contribution in [0.2, 0.25) is 0 Å². The van der Waals surface area contributed by atoms with Gasteiger partial charge in [-0.15, -0.1) is 0 Å². The van der Waals surface area contributed by atoms with Crippen molar-refractivity contribution in [2.24, 2.45) is 0 Å². The Kier molecular flexibility index (Phi) is 4.22. The van der Waals surface area contributed by atoms with Gasteiger partial charge in [0.2, 0.25) is 5.91 Å². The van der Waals surface area contributed by atoms with E-state index in [1.54, 1.807) is 4.68 Å². The van der Waals surface area contributed by atoms with Crippen molar-refractivity contribution in [3.8, 4) is 0 Å². The molecule has 0 saturated carbocycles. The maximum atomic E-state index is 11.9. The molecule has 0 aliphatic carbocycles. The molecule has 1 amide bonds. The fourth-order valence-corrected chi connectivity index (χ4v) is 2.23. The van der Waals surface area contributed by atoms with Gasteiger partial charge in [-0.25, -0.2) is 0 Å². The lowest BCUT2D eigenvalue weighted by Gasteiger charge is -2.08. The smallest absolute Gasteiger partial charge is 0.241 e. The van der Waals surface area contributed by atoms with E-state index in [0.29, 0.717) is 13.1 Å². The molecule has 0 atom stereocenters. The summed E-state index contributed by atoms with van der Waals surface area (Å²) in [5, 5.41) is 11.5. The minimum Gasteiger partial charge on any atom is -0.353 e. The Morgan fingerprint density at radius 2 is 1.60 bits per heavy atom. The Morgan fingerprint density at radius 3 is 2.10 bits per heavy atom. The Balaban J connectivity index is 1.81.